The molecule has 1 atom stereocenters. The van der Waals surface area contributed by atoms with E-state index in [1.54, 1.807) is 11.0 Å². The van der Waals surface area contributed by atoms with E-state index in [2.05, 4.69) is 5.32 Å². The number of carbonyl (C=O) groups excluding carboxylic acids is 2. The topological polar surface area (TPSA) is 69.6 Å². The number of nitrogens with one attached hydrogen (secondary N) is 1. The molecular formula is C17H24N2O3S. The molecule has 1 aromatic heterocycles. The number of hydrogen-bond donors (Lipinski definition) is 2. The molecule has 1 aliphatic heterocycles. The maximum Gasteiger partial charge on any atom is 0.264 e. The number of likely N-dealkylation sites (tertiary alicyclic amines) is 1. The fraction of sp³-hybridized carbons (Fsp3) is 0.647. The quantitative estimate of drug-likeness (QED) is 0.885. The Bertz CT molecular complexity index is 552. The molecule has 0 aromatic carbocycles. The summed E-state index contributed by atoms with van der Waals surface area (Å²) in [5.41, 5.74) is -0.769. The van der Waals surface area contributed by atoms with Gasteiger partial charge >= 0.3 is 0 Å². The second-order valence-corrected chi connectivity index (χ2v) is 7.58. The van der Waals surface area contributed by atoms with Crippen molar-refractivity contribution in [2.45, 2.75) is 56.6 Å². The average molecular weight is 336 g/mol. The van der Waals surface area contributed by atoms with Gasteiger partial charge in [-0.2, -0.15) is 0 Å². The van der Waals surface area contributed by atoms with Crippen LogP contribution in [0.1, 0.15) is 54.6 Å². The Kier molecular flexibility index (Phi) is 5.02. The molecule has 0 unspecified atom stereocenters. The van der Waals surface area contributed by atoms with Gasteiger partial charge in [0.15, 0.2) is 0 Å². The van der Waals surface area contributed by atoms with Gasteiger partial charge in [0.25, 0.3) is 5.91 Å². The van der Waals surface area contributed by atoms with Crippen LogP contribution < -0.4 is 5.32 Å². The molecule has 3 rings (SSSR count). The normalized spacial score (nSPS) is 23.7. The first-order valence-electron chi connectivity index (χ1n) is 8.44. The van der Waals surface area contributed by atoms with Crippen LogP contribution in [0.25, 0.3) is 0 Å². The Morgan fingerprint density at radius 1 is 1.30 bits per heavy atom. The maximum absolute atomic E-state index is 12.5. The molecule has 1 saturated heterocycles. The van der Waals surface area contributed by atoms with E-state index in [-0.39, 0.29) is 11.8 Å². The van der Waals surface area contributed by atoms with Crippen molar-refractivity contribution in [3.63, 3.8) is 0 Å². The van der Waals surface area contributed by atoms with Gasteiger partial charge in [-0.3, -0.25) is 9.59 Å². The van der Waals surface area contributed by atoms with Gasteiger partial charge in [-0.05, 0) is 37.1 Å². The largest absolute Gasteiger partial charge is 0.388 e. The van der Waals surface area contributed by atoms with Crippen LogP contribution in [0.2, 0.25) is 0 Å². The summed E-state index contributed by atoms with van der Waals surface area (Å²) in [5, 5.41) is 15.3. The highest BCUT2D eigenvalue weighted by atomic mass is 32.1. The Hall–Kier alpha value is -1.40. The van der Waals surface area contributed by atoms with Crippen molar-refractivity contribution in [1.82, 2.24) is 10.2 Å². The van der Waals surface area contributed by atoms with Crippen LogP contribution in [0.5, 0.6) is 0 Å². The Labute approximate surface area is 140 Å². The zero-order valence-electron chi connectivity index (χ0n) is 13.3. The molecule has 2 heterocycles. The molecule has 126 valence electrons. The van der Waals surface area contributed by atoms with E-state index in [1.165, 1.54) is 11.3 Å². The number of carbonyl (C=O) groups is 2. The number of nitrogens with zero attached hydrogens (tertiary/aromatic N) is 1. The van der Waals surface area contributed by atoms with Crippen LogP contribution in [-0.4, -0.2) is 46.6 Å². The van der Waals surface area contributed by atoms with Crippen molar-refractivity contribution in [3.8, 4) is 0 Å². The third-order valence-electron chi connectivity index (χ3n) is 4.92. The minimum Gasteiger partial charge on any atom is -0.388 e. The van der Waals surface area contributed by atoms with Crippen molar-refractivity contribution in [3.05, 3.63) is 22.4 Å². The van der Waals surface area contributed by atoms with Gasteiger partial charge in [0, 0.05) is 13.1 Å². The van der Waals surface area contributed by atoms with Gasteiger partial charge < -0.3 is 15.3 Å². The van der Waals surface area contributed by atoms with Crippen LogP contribution >= 0.6 is 11.3 Å². The maximum atomic E-state index is 12.5. The van der Waals surface area contributed by atoms with Crippen molar-refractivity contribution >= 4 is 23.2 Å². The minimum atomic E-state index is -0.769. The van der Waals surface area contributed by atoms with Crippen molar-refractivity contribution in [2.24, 2.45) is 0 Å². The third kappa shape index (κ3) is 3.75. The summed E-state index contributed by atoms with van der Waals surface area (Å²) in [5.74, 6) is -0.194. The predicted molar refractivity (Wildman–Crippen MR) is 89.4 cm³/mol. The number of amides is 2. The predicted octanol–water partition coefficient (Wildman–Crippen LogP) is 2.16. The van der Waals surface area contributed by atoms with E-state index in [4.69, 9.17) is 0 Å². The van der Waals surface area contributed by atoms with Gasteiger partial charge in [0.05, 0.1) is 10.5 Å². The lowest BCUT2D eigenvalue weighted by Crippen LogP contribution is -2.50. The average Bonchev–Trinajstić information content (AvgIpc) is 3.24. The van der Waals surface area contributed by atoms with E-state index >= 15 is 0 Å². The molecule has 2 fully saturated rings. The van der Waals surface area contributed by atoms with Crippen LogP contribution in [0.15, 0.2) is 17.5 Å². The first-order chi connectivity index (χ1) is 11.1. The molecule has 2 amide bonds. The van der Waals surface area contributed by atoms with Gasteiger partial charge in [0.2, 0.25) is 5.91 Å². The lowest BCUT2D eigenvalue weighted by molar-refractivity contribution is -0.126. The molecule has 1 aromatic rings. The fourth-order valence-electron chi connectivity index (χ4n) is 3.58. The summed E-state index contributed by atoms with van der Waals surface area (Å²) >= 11 is 1.40. The lowest BCUT2D eigenvalue weighted by atomic mass is 9.85. The molecule has 6 heteroatoms. The highest BCUT2D eigenvalue weighted by Crippen LogP contribution is 2.28. The van der Waals surface area contributed by atoms with Gasteiger partial charge in [-0.1, -0.05) is 25.3 Å². The van der Waals surface area contributed by atoms with Crippen LogP contribution in [0.3, 0.4) is 0 Å². The second-order valence-electron chi connectivity index (χ2n) is 6.64. The summed E-state index contributed by atoms with van der Waals surface area (Å²) in [7, 11) is 0. The summed E-state index contributed by atoms with van der Waals surface area (Å²) in [6.45, 7) is 0.919. The number of hydrogen-bond acceptors (Lipinski definition) is 4. The molecule has 1 aliphatic carbocycles. The van der Waals surface area contributed by atoms with Crippen molar-refractivity contribution < 1.29 is 14.7 Å². The van der Waals surface area contributed by atoms with Gasteiger partial charge in [0.1, 0.15) is 6.04 Å². The van der Waals surface area contributed by atoms with Gasteiger partial charge in [-0.25, -0.2) is 0 Å². The monoisotopic (exact) mass is 336 g/mol. The summed E-state index contributed by atoms with van der Waals surface area (Å²) < 4.78 is 0. The zero-order chi connectivity index (χ0) is 16.3. The molecule has 2 aliphatic rings. The second kappa shape index (κ2) is 7.01. The van der Waals surface area contributed by atoms with Gasteiger partial charge in [-0.15, -0.1) is 11.3 Å². The smallest absolute Gasteiger partial charge is 0.264 e. The summed E-state index contributed by atoms with van der Waals surface area (Å²) in [6.07, 6.45) is 6.21. The van der Waals surface area contributed by atoms with Crippen molar-refractivity contribution in [1.29, 1.82) is 0 Å². The first kappa shape index (κ1) is 16.5. The van der Waals surface area contributed by atoms with Crippen molar-refractivity contribution in [2.75, 3.05) is 13.1 Å². The molecule has 0 spiro atoms. The first-order valence-corrected chi connectivity index (χ1v) is 9.32. The Balaban J connectivity index is 1.58. The molecule has 2 N–H and O–H groups in total. The molecule has 23 heavy (non-hydrogen) atoms. The number of aliphatic hydroxyl groups is 1. The van der Waals surface area contributed by atoms with E-state index in [1.807, 2.05) is 11.4 Å². The summed E-state index contributed by atoms with van der Waals surface area (Å²) in [4.78, 5) is 27.3. The lowest BCUT2D eigenvalue weighted by Gasteiger charge is -2.33. The van der Waals surface area contributed by atoms with Crippen LogP contribution in [0, 0.1) is 0 Å². The molecule has 1 saturated carbocycles. The molecule has 0 radical (unpaired) electrons. The van der Waals surface area contributed by atoms with E-state index < -0.39 is 11.6 Å². The SMILES string of the molecule is O=C(NCC1(O)CCCCC1)[C@@H]1CCCN1C(=O)c1cccs1. The number of rotatable bonds is 4. The number of thiophene rings is 1. The molecular weight excluding hydrogens is 312 g/mol. The Morgan fingerprint density at radius 3 is 2.78 bits per heavy atom. The van der Waals surface area contributed by atoms with E-state index in [9.17, 15) is 14.7 Å². The summed E-state index contributed by atoms with van der Waals surface area (Å²) in [6, 6.07) is 3.24. The zero-order valence-corrected chi connectivity index (χ0v) is 14.1. The minimum absolute atomic E-state index is 0.0611. The van der Waals surface area contributed by atoms with Crippen LogP contribution in [0.4, 0.5) is 0 Å². The highest BCUT2D eigenvalue weighted by molar-refractivity contribution is 7.12. The standard InChI is InChI=1S/C17H24N2O3S/c20-15(18-12-17(22)8-2-1-3-9-17)13-6-4-10-19(13)16(21)14-7-5-11-23-14/h5,7,11,13,22H,1-4,6,8-10,12H2,(H,18,20)/t13-/m0/s1. The van der Waals surface area contributed by atoms with E-state index in [0.717, 1.165) is 38.5 Å². The Morgan fingerprint density at radius 2 is 2.09 bits per heavy atom. The molecule has 5 nitrogen and oxygen atoms in total. The molecule has 0 bridgehead atoms. The van der Waals surface area contributed by atoms with E-state index in [0.29, 0.717) is 24.4 Å². The fourth-order valence-corrected chi connectivity index (χ4v) is 4.26. The highest BCUT2D eigenvalue weighted by Gasteiger charge is 2.36. The van der Waals surface area contributed by atoms with Crippen LogP contribution in [-0.2, 0) is 4.79 Å². The third-order valence-corrected chi connectivity index (χ3v) is 5.78.